The summed E-state index contributed by atoms with van der Waals surface area (Å²) < 4.78 is 11.5. The molecule has 1 aliphatic carbocycles. The maximum Gasteiger partial charge on any atom is 0.313 e. The number of likely N-dealkylation sites (N-methyl/N-ethyl adjacent to an activating group) is 1. The number of hydrogen-bond acceptors (Lipinski definition) is 9. The van der Waals surface area contributed by atoms with E-state index < -0.39 is 18.1 Å². The van der Waals surface area contributed by atoms with Crippen LogP contribution in [-0.4, -0.2) is 85.1 Å². The average Bonchev–Trinajstić information content (AvgIpc) is 3.64. The van der Waals surface area contributed by atoms with E-state index in [9.17, 15) is 19.2 Å². The second kappa shape index (κ2) is 21.5. The van der Waals surface area contributed by atoms with Crippen LogP contribution in [0.1, 0.15) is 133 Å². The number of rotatable bonds is 21. The van der Waals surface area contributed by atoms with Crippen LogP contribution in [0.25, 0.3) is 0 Å². The van der Waals surface area contributed by atoms with Gasteiger partial charge < -0.3 is 30.3 Å². The summed E-state index contributed by atoms with van der Waals surface area (Å²) in [6.45, 7) is 17.6. The third-order valence-corrected chi connectivity index (χ3v) is 11.2. The maximum absolute atomic E-state index is 14.6. The smallest absolute Gasteiger partial charge is 0.313 e. The van der Waals surface area contributed by atoms with Crippen molar-refractivity contribution in [2.45, 2.75) is 137 Å². The van der Waals surface area contributed by atoms with Gasteiger partial charge in [-0.2, -0.15) is 0 Å². The number of nitrogens with zero attached hydrogens (tertiary/aromatic N) is 2. The van der Waals surface area contributed by atoms with Gasteiger partial charge in [-0.3, -0.25) is 19.2 Å². The highest BCUT2D eigenvalue weighted by Gasteiger charge is 2.38. The number of carbonyl (C=O) groups excluding carboxylic acids is 4. The van der Waals surface area contributed by atoms with Crippen LogP contribution in [0, 0.1) is 17.8 Å². The van der Waals surface area contributed by atoms with Crippen LogP contribution in [0.15, 0.2) is 29.6 Å². The van der Waals surface area contributed by atoms with Crippen LogP contribution in [0.5, 0.6) is 0 Å². The lowest BCUT2D eigenvalue weighted by molar-refractivity contribution is -0.143. The van der Waals surface area contributed by atoms with Crippen LogP contribution < -0.4 is 16.0 Å². The Kier molecular flexibility index (Phi) is 17.9. The molecule has 0 radical (unpaired) electrons. The summed E-state index contributed by atoms with van der Waals surface area (Å²) in [5, 5.41) is 11.8. The first-order valence-corrected chi connectivity index (χ1v) is 20.5. The number of amides is 3. The van der Waals surface area contributed by atoms with E-state index in [0.717, 1.165) is 30.4 Å². The van der Waals surface area contributed by atoms with Gasteiger partial charge in [0.2, 0.25) is 11.8 Å². The fourth-order valence-electron chi connectivity index (χ4n) is 7.20. The molecule has 12 heteroatoms. The Balaban J connectivity index is 1.86. The first-order chi connectivity index (χ1) is 25.3. The van der Waals surface area contributed by atoms with E-state index >= 15 is 0 Å². The first kappa shape index (κ1) is 44.0. The molecule has 0 aliphatic heterocycles. The van der Waals surface area contributed by atoms with E-state index in [2.05, 4.69) is 50.6 Å². The number of methoxy groups -OCH3 is 1. The summed E-state index contributed by atoms with van der Waals surface area (Å²) in [6, 6.07) is 6.27. The zero-order chi connectivity index (χ0) is 39.2. The Morgan fingerprint density at radius 3 is 2.34 bits per heavy atom. The second-order valence-corrected chi connectivity index (χ2v) is 16.1. The monoisotopic (exact) mass is 755 g/mol. The van der Waals surface area contributed by atoms with Gasteiger partial charge in [0.25, 0.3) is 5.91 Å². The Morgan fingerprint density at radius 1 is 1.02 bits per heavy atom. The van der Waals surface area contributed by atoms with Crippen molar-refractivity contribution in [3.63, 3.8) is 0 Å². The predicted octanol–water partition coefficient (Wildman–Crippen LogP) is 6.43. The molecule has 1 aromatic carbocycles. The third-order valence-electron chi connectivity index (χ3n) is 10.3. The van der Waals surface area contributed by atoms with Crippen LogP contribution >= 0.6 is 11.3 Å². The van der Waals surface area contributed by atoms with Gasteiger partial charge in [0.05, 0.1) is 19.1 Å². The molecule has 3 rings (SSSR count). The van der Waals surface area contributed by atoms with Crippen LogP contribution in [0.3, 0.4) is 0 Å². The maximum atomic E-state index is 14.6. The molecule has 2 aromatic rings. The van der Waals surface area contributed by atoms with Gasteiger partial charge in [0, 0.05) is 37.0 Å². The number of benzene rings is 1. The average molecular weight is 756 g/mol. The summed E-state index contributed by atoms with van der Waals surface area (Å²) in [5.74, 6) is -0.979. The van der Waals surface area contributed by atoms with E-state index in [-0.39, 0.29) is 53.7 Å². The van der Waals surface area contributed by atoms with Crippen molar-refractivity contribution in [3.8, 4) is 0 Å². The Labute approximate surface area is 321 Å². The normalized spacial score (nSPS) is 18.4. The molecule has 296 valence electrons. The van der Waals surface area contributed by atoms with Gasteiger partial charge in [0.15, 0.2) is 0 Å². The third kappa shape index (κ3) is 12.1. The highest BCUT2D eigenvalue weighted by molar-refractivity contribution is 7.09. The molecule has 1 aliphatic rings. The fourth-order valence-corrected chi connectivity index (χ4v) is 8.06. The van der Waals surface area contributed by atoms with Crippen molar-refractivity contribution >= 4 is 35.0 Å². The Morgan fingerprint density at radius 2 is 1.74 bits per heavy atom. The van der Waals surface area contributed by atoms with E-state index in [1.165, 1.54) is 18.4 Å². The van der Waals surface area contributed by atoms with E-state index in [1.807, 2.05) is 49.9 Å². The number of nitrogens with one attached hydrogen (secondary N) is 3. The topological polar surface area (TPSA) is 139 Å². The summed E-state index contributed by atoms with van der Waals surface area (Å²) in [7, 11) is 3.17. The van der Waals surface area contributed by atoms with Crippen molar-refractivity contribution in [2.24, 2.45) is 17.8 Å². The van der Waals surface area contributed by atoms with Gasteiger partial charge in [-0.15, -0.1) is 11.3 Å². The van der Waals surface area contributed by atoms with Crippen LogP contribution in [0.4, 0.5) is 0 Å². The summed E-state index contributed by atoms with van der Waals surface area (Å²) in [4.78, 5) is 61.1. The Bertz CT molecular complexity index is 1480. The van der Waals surface area contributed by atoms with Crippen LogP contribution in [0.2, 0.25) is 0 Å². The lowest BCUT2D eigenvalue weighted by Gasteiger charge is -2.39. The highest BCUT2D eigenvalue weighted by Crippen LogP contribution is 2.34. The zero-order valence-corrected chi connectivity index (χ0v) is 34.5. The van der Waals surface area contributed by atoms with E-state index in [0.29, 0.717) is 55.5 Å². The molecular weight excluding hydrogens is 691 g/mol. The van der Waals surface area contributed by atoms with Crippen molar-refractivity contribution in [1.82, 2.24) is 25.8 Å². The molecule has 1 aromatic heterocycles. The number of carbonyl (C=O) groups is 4. The summed E-state index contributed by atoms with van der Waals surface area (Å²) >= 11 is 1.38. The van der Waals surface area contributed by atoms with Gasteiger partial charge in [-0.25, -0.2) is 4.98 Å². The van der Waals surface area contributed by atoms with Crippen molar-refractivity contribution < 1.29 is 28.7 Å². The number of fused-ring (bicyclic) bond motifs is 1. The van der Waals surface area contributed by atoms with E-state index in [1.54, 1.807) is 12.4 Å². The quantitative estimate of drug-likeness (QED) is 0.124. The minimum absolute atomic E-state index is 0.0668. The summed E-state index contributed by atoms with van der Waals surface area (Å²) in [6.07, 6.45) is 4.06. The lowest BCUT2D eigenvalue weighted by atomic mass is 9.80. The lowest BCUT2D eigenvalue weighted by Crippen LogP contribution is -2.58. The van der Waals surface area contributed by atoms with Crippen LogP contribution in [-0.2, 0) is 30.3 Å². The van der Waals surface area contributed by atoms with Crippen molar-refractivity contribution in [3.05, 3.63) is 51.5 Å². The number of hydrogen-bond donors (Lipinski definition) is 3. The molecule has 0 saturated heterocycles. The minimum Gasteiger partial charge on any atom is -0.469 e. The number of thiazole rings is 1. The molecule has 3 amide bonds. The molecule has 0 fully saturated rings. The second-order valence-electron chi connectivity index (χ2n) is 15.2. The number of aromatic nitrogens is 1. The SMILES string of the molecule is CCCO[C@H](CC(C(C)C)N(CCC)C(=O)[C@@H](NC(=O)[C@H](CC(C)C)NC)[C@@H](C)CC)c1nc(C(=O)N[C@H]2Cc3ccccc3[C@H](C(=O)OC)C2)cs1. The number of ether oxygens (including phenoxy) is 2. The molecule has 1 heterocycles. The molecule has 53 heavy (non-hydrogen) atoms. The predicted molar refractivity (Wildman–Crippen MR) is 211 cm³/mol. The van der Waals surface area contributed by atoms with E-state index in [4.69, 9.17) is 14.5 Å². The molecule has 1 unspecified atom stereocenters. The fraction of sp³-hybridized carbons (Fsp3) is 0.683. The molecule has 3 N–H and O–H groups in total. The molecule has 7 atom stereocenters. The van der Waals surface area contributed by atoms with Gasteiger partial charge in [-0.1, -0.05) is 86.1 Å². The highest BCUT2D eigenvalue weighted by atomic mass is 32.1. The Hall–Kier alpha value is -3.35. The largest absolute Gasteiger partial charge is 0.469 e. The molecule has 0 bridgehead atoms. The zero-order valence-electron chi connectivity index (χ0n) is 33.7. The molecule has 0 saturated carbocycles. The minimum atomic E-state index is -0.668. The van der Waals surface area contributed by atoms with Crippen molar-refractivity contribution in [2.75, 3.05) is 27.3 Å². The van der Waals surface area contributed by atoms with Gasteiger partial charge >= 0.3 is 5.97 Å². The number of esters is 1. The molecular formula is C41H65N5O6S. The molecule has 11 nitrogen and oxygen atoms in total. The molecule has 0 spiro atoms. The van der Waals surface area contributed by atoms with Gasteiger partial charge in [-0.05, 0) is 68.0 Å². The van der Waals surface area contributed by atoms with Crippen molar-refractivity contribution in [1.29, 1.82) is 0 Å². The standard InChI is InChI=1S/C41H65N5O6S/c1-11-18-46(40(49)36(27(8)13-3)45-37(47)32(42-9)20-25(4)5)34(26(6)7)23-35(52-19-12-2)39-44-33(24-53-39)38(48)43-29-21-28-16-14-15-17-30(28)31(22-29)41(50)51-10/h14-17,24-27,29,31-32,34-36,42H,11-13,18-23H2,1-10H3,(H,43,48)(H,45,47)/t27-,29-,31+,32-,34?,35+,36-/m0/s1. The van der Waals surface area contributed by atoms with Gasteiger partial charge in [0.1, 0.15) is 22.8 Å². The summed E-state index contributed by atoms with van der Waals surface area (Å²) in [5.41, 5.74) is 2.26. The first-order valence-electron chi connectivity index (χ1n) is 19.6.